The van der Waals surface area contributed by atoms with Crippen LogP contribution in [0.15, 0.2) is 11.1 Å². The number of fused-ring (bicyclic) bond motifs is 7. The minimum Gasteiger partial charge on any atom is -0.117 e. The topological polar surface area (TPSA) is 0 Å². The Morgan fingerprint density at radius 2 is 1.60 bits per heavy atom. The van der Waals surface area contributed by atoms with Gasteiger partial charge in [-0.2, -0.15) is 0 Å². The van der Waals surface area contributed by atoms with Crippen LogP contribution in [0.25, 0.3) is 0 Å². The van der Waals surface area contributed by atoms with Crippen molar-refractivity contribution in [2.45, 2.75) is 35.4 Å². The van der Waals surface area contributed by atoms with E-state index >= 15 is 0 Å². The second-order valence-electron chi connectivity index (χ2n) is 8.25. The summed E-state index contributed by atoms with van der Waals surface area (Å²) in [5, 5.41) is 0.941. The van der Waals surface area contributed by atoms with Crippen molar-refractivity contribution in [1.29, 1.82) is 0 Å². The molecule has 0 nitrogen and oxygen atoms in total. The van der Waals surface area contributed by atoms with E-state index in [1.807, 2.05) is 0 Å². The average molecular weight is 350 g/mol. The van der Waals surface area contributed by atoms with Crippen LogP contribution >= 0.6 is 46.4 Å². The summed E-state index contributed by atoms with van der Waals surface area (Å²) in [5.41, 5.74) is 0.892. The van der Waals surface area contributed by atoms with Crippen LogP contribution in [-0.2, 0) is 0 Å². The summed E-state index contributed by atoms with van der Waals surface area (Å²) in [6.45, 7) is 0. The van der Waals surface area contributed by atoms with Gasteiger partial charge in [-0.1, -0.05) is 17.7 Å². The van der Waals surface area contributed by atoms with E-state index < -0.39 is 4.33 Å². The third-order valence-electron chi connectivity index (χ3n) is 7.92. The minimum absolute atomic E-state index is 0.0421. The molecule has 0 radical (unpaired) electrons. The molecule has 5 saturated carbocycles. The highest BCUT2D eigenvalue weighted by Crippen LogP contribution is 2.92. The summed E-state index contributed by atoms with van der Waals surface area (Å²) in [5.74, 6) is 3.65. The fourth-order valence-electron chi connectivity index (χ4n) is 7.18. The van der Waals surface area contributed by atoms with Gasteiger partial charge in [-0.15, -0.1) is 34.8 Å². The first-order valence-corrected chi connectivity index (χ1v) is 9.41. The smallest absolute Gasteiger partial charge is 0.117 e. The van der Waals surface area contributed by atoms with Crippen molar-refractivity contribution in [2.24, 2.45) is 46.3 Å². The monoisotopic (exact) mass is 348 g/mol. The predicted octanol–water partition coefficient (Wildman–Crippen LogP) is 5.20. The van der Waals surface area contributed by atoms with E-state index in [4.69, 9.17) is 46.4 Å². The van der Waals surface area contributed by atoms with E-state index in [9.17, 15) is 0 Å². The molecular formula is C16H16Cl4. The molecule has 0 aromatic rings. The second kappa shape index (κ2) is 3.10. The Kier molecular flexibility index (Phi) is 1.91. The standard InChI is InChI=1S/C16H16Cl4/c17-7-5-6-8-9(11(12(7)18)14(6)1-2-14)15(3-4-15)13-10(8)16(13,19)20/h5-6,8-13H,1-4H2/t6-,8-,9-,10-,11+,12+,13+/m1/s1. The van der Waals surface area contributed by atoms with Gasteiger partial charge in [0, 0.05) is 16.9 Å². The Hall–Kier alpha value is 0.900. The van der Waals surface area contributed by atoms with E-state index in [-0.39, 0.29) is 5.38 Å². The highest BCUT2D eigenvalue weighted by atomic mass is 35.5. The summed E-state index contributed by atoms with van der Waals surface area (Å²) >= 11 is 26.6. The maximum absolute atomic E-state index is 6.77. The molecule has 2 spiro atoms. The fraction of sp³-hybridized carbons (Fsp3) is 0.875. The third-order valence-corrected chi connectivity index (χ3v) is 9.88. The molecule has 6 rings (SSSR count). The SMILES string of the molecule is ClC1=C[C@@H]2[C@H]3[C@@H]4[C@H](C4(Cl)Cl)C4(CC4)[C@H]3[C@@H]([C@H]1Cl)C21CC1. The molecule has 2 bridgehead atoms. The van der Waals surface area contributed by atoms with E-state index in [0.717, 1.165) is 11.0 Å². The van der Waals surface area contributed by atoms with Gasteiger partial charge in [0.05, 0.1) is 5.38 Å². The first kappa shape index (κ1) is 12.3. The van der Waals surface area contributed by atoms with Gasteiger partial charge in [0.2, 0.25) is 0 Å². The number of halogens is 4. The Morgan fingerprint density at radius 1 is 0.950 bits per heavy atom. The Balaban J connectivity index is 1.56. The van der Waals surface area contributed by atoms with Crippen molar-refractivity contribution in [3.8, 4) is 0 Å². The van der Waals surface area contributed by atoms with Crippen LogP contribution in [-0.4, -0.2) is 9.71 Å². The van der Waals surface area contributed by atoms with Crippen LogP contribution < -0.4 is 0 Å². The maximum atomic E-state index is 6.77. The number of hydrogen-bond acceptors (Lipinski definition) is 0. The summed E-state index contributed by atoms with van der Waals surface area (Å²) < 4.78 is -0.451. The van der Waals surface area contributed by atoms with Crippen LogP contribution in [0.4, 0.5) is 0 Å². The van der Waals surface area contributed by atoms with Gasteiger partial charge in [0.15, 0.2) is 0 Å². The predicted molar refractivity (Wildman–Crippen MR) is 82.3 cm³/mol. The van der Waals surface area contributed by atoms with Crippen molar-refractivity contribution in [2.75, 3.05) is 0 Å². The molecule has 5 fully saturated rings. The van der Waals surface area contributed by atoms with E-state index in [1.165, 1.54) is 25.7 Å². The van der Waals surface area contributed by atoms with Crippen molar-refractivity contribution >= 4 is 46.4 Å². The summed E-state index contributed by atoms with van der Waals surface area (Å²) in [7, 11) is 0. The number of rotatable bonds is 0. The lowest BCUT2D eigenvalue weighted by Crippen LogP contribution is -2.35. The zero-order valence-electron chi connectivity index (χ0n) is 11.0. The fourth-order valence-corrected chi connectivity index (χ4v) is 9.05. The highest BCUT2D eigenvalue weighted by Gasteiger charge is 2.90. The molecule has 0 aromatic heterocycles. The average Bonchev–Trinajstić information content (AvgIpc) is 3.23. The van der Waals surface area contributed by atoms with E-state index in [0.29, 0.717) is 40.4 Å². The first-order valence-electron chi connectivity index (χ1n) is 7.84. The van der Waals surface area contributed by atoms with Crippen LogP contribution in [0.3, 0.4) is 0 Å². The lowest BCUT2D eigenvalue weighted by atomic mass is 9.72. The van der Waals surface area contributed by atoms with Crippen molar-refractivity contribution in [1.82, 2.24) is 0 Å². The number of alkyl halides is 3. The van der Waals surface area contributed by atoms with Crippen LogP contribution in [0.5, 0.6) is 0 Å². The molecule has 4 heteroatoms. The van der Waals surface area contributed by atoms with E-state index in [2.05, 4.69) is 6.08 Å². The van der Waals surface area contributed by atoms with Gasteiger partial charge >= 0.3 is 0 Å². The molecule has 0 saturated heterocycles. The molecular weight excluding hydrogens is 334 g/mol. The van der Waals surface area contributed by atoms with E-state index in [1.54, 1.807) is 0 Å². The lowest BCUT2D eigenvalue weighted by Gasteiger charge is -2.36. The van der Waals surface area contributed by atoms with Gasteiger partial charge < -0.3 is 0 Å². The lowest BCUT2D eigenvalue weighted by molar-refractivity contribution is 0.182. The van der Waals surface area contributed by atoms with Gasteiger partial charge in [0.1, 0.15) is 4.33 Å². The number of hydrogen-bond donors (Lipinski definition) is 0. The van der Waals surface area contributed by atoms with Crippen LogP contribution in [0.2, 0.25) is 0 Å². The second-order valence-corrected chi connectivity index (χ2v) is 10.6. The van der Waals surface area contributed by atoms with Gasteiger partial charge in [-0.05, 0) is 60.2 Å². The van der Waals surface area contributed by atoms with Crippen molar-refractivity contribution in [3.63, 3.8) is 0 Å². The summed E-state index contributed by atoms with van der Waals surface area (Å²) in [6.07, 6.45) is 7.61. The quantitative estimate of drug-likeness (QED) is 0.527. The minimum atomic E-state index is -0.451. The molecule has 0 heterocycles. The van der Waals surface area contributed by atoms with Gasteiger partial charge in [-0.25, -0.2) is 0 Å². The molecule has 108 valence electrons. The number of allylic oxidation sites excluding steroid dienone is 2. The van der Waals surface area contributed by atoms with Gasteiger partial charge in [0.25, 0.3) is 0 Å². The molecule has 6 aliphatic rings. The molecule has 0 aromatic carbocycles. The normalized spacial score (nSPS) is 60.2. The largest absolute Gasteiger partial charge is 0.125 e. The first-order chi connectivity index (χ1) is 9.45. The van der Waals surface area contributed by atoms with Crippen LogP contribution in [0.1, 0.15) is 25.7 Å². The Bertz CT molecular complexity index is 571. The molecule has 6 aliphatic carbocycles. The summed E-state index contributed by atoms with van der Waals surface area (Å²) in [6, 6.07) is 0. The molecule has 0 unspecified atom stereocenters. The van der Waals surface area contributed by atoms with Gasteiger partial charge in [-0.3, -0.25) is 0 Å². The zero-order valence-corrected chi connectivity index (χ0v) is 14.0. The maximum Gasteiger partial charge on any atom is 0.125 e. The third kappa shape index (κ3) is 1.02. The van der Waals surface area contributed by atoms with Crippen molar-refractivity contribution < 1.29 is 0 Å². The molecule has 0 amide bonds. The molecule has 7 atom stereocenters. The highest BCUT2D eigenvalue weighted by molar-refractivity contribution is 6.51. The molecule has 0 N–H and O–H groups in total. The Labute approximate surface area is 139 Å². The zero-order chi connectivity index (χ0) is 13.7. The Morgan fingerprint density at radius 3 is 2.20 bits per heavy atom. The summed E-state index contributed by atoms with van der Waals surface area (Å²) in [4.78, 5) is 0. The van der Waals surface area contributed by atoms with Crippen molar-refractivity contribution in [3.05, 3.63) is 11.1 Å². The molecule has 0 aliphatic heterocycles. The molecule has 20 heavy (non-hydrogen) atoms. The van der Waals surface area contributed by atoms with Crippen LogP contribution in [0, 0.1) is 46.3 Å².